The van der Waals surface area contributed by atoms with E-state index in [1.807, 2.05) is 59.5 Å². The van der Waals surface area contributed by atoms with Gasteiger partial charge in [-0.2, -0.15) is 0 Å². The third-order valence-corrected chi connectivity index (χ3v) is 6.22. The van der Waals surface area contributed by atoms with Gasteiger partial charge in [0.05, 0.1) is 5.92 Å². The standard InChI is InChI=1S/C23H25NO3/c1-14(2)21-19-17(13-24(21)22(25)15-8-4-3-5-9-15)12-16-10-6-7-11-18(16)20(19)23(26)27/h3-11,14,17,19-21H,12-13H2,1-2H3,(H,26,27)/t17-,19-,20-,21+/m1/s1. The van der Waals surface area contributed by atoms with Gasteiger partial charge in [-0.3, -0.25) is 9.59 Å². The number of aliphatic carboxylic acids is 1. The largest absolute Gasteiger partial charge is 0.481 e. The molecule has 4 rings (SSSR count). The lowest BCUT2D eigenvalue weighted by Crippen LogP contribution is -2.44. The topological polar surface area (TPSA) is 57.6 Å². The Morgan fingerprint density at radius 2 is 1.70 bits per heavy atom. The molecule has 2 aromatic rings. The van der Waals surface area contributed by atoms with E-state index in [4.69, 9.17) is 0 Å². The molecule has 140 valence electrons. The van der Waals surface area contributed by atoms with E-state index in [2.05, 4.69) is 13.8 Å². The van der Waals surface area contributed by atoms with E-state index in [9.17, 15) is 14.7 Å². The first kappa shape index (κ1) is 17.8. The van der Waals surface area contributed by atoms with Crippen LogP contribution in [-0.2, 0) is 11.2 Å². The fourth-order valence-electron chi connectivity index (χ4n) is 5.23. The molecular formula is C23H25NO3. The Morgan fingerprint density at radius 1 is 1.04 bits per heavy atom. The molecule has 1 aliphatic carbocycles. The third-order valence-electron chi connectivity index (χ3n) is 6.22. The van der Waals surface area contributed by atoms with Crippen LogP contribution in [0.1, 0.15) is 41.3 Å². The van der Waals surface area contributed by atoms with Crippen molar-refractivity contribution >= 4 is 11.9 Å². The van der Waals surface area contributed by atoms with Gasteiger partial charge in [-0.15, -0.1) is 0 Å². The Balaban J connectivity index is 1.76. The number of hydrogen-bond donors (Lipinski definition) is 1. The zero-order chi connectivity index (χ0) is 19.1. The molecule has 0 spiro atoms. The van der Waals surface area contributed by atoms with Gasteiger partial charge in [0.15, 0.2) is 0 Å². The van der Waals surface area contributed by atoms with Gasteiger partial charge >= 0.3 is 5.97 Å². The van der Waals surface area contributed by atoms with E-state index in [-0.39, 0.29) is 29.7 Å². The van der Waals surface area contributed by atoms with Crippen LogP contribution in [0.3, 0.4) is 0 Å². The predicted molar refractivity (Wildman–Crippen MR) is 104 cm³/mol. The van der Waals surface area contributed by atoms with E-state index in [1.165, 1.54) is 0 Å². The number of likely N-dealkylation sites (tertiary alicyclic amines) is 1. The van der Waals surface area contributed by atoms with Crippen LogP contribution < -0.4 is 0 Å². The second kappa shape index (κ2) is 6.84. The van der Waals surface area contributed by atoms with Gasteiger partial charge in [0.25, 0.3) is 5.91 Å². The highest BCUT2D eigenvalue weighted by Crippen LogP contribution is 2.49. The lowest BCUT2D eigenvalue weighted by molar-refractivity contribution is -0.141. The normalized spacial score (nSPS) is 26.6. The molecule has 0 bridgehead atoms. The molecule has 1 saturated heterocycles. The molecule has 2 aliphatic rings. The maximum absolute atomic E-state index is 13.2. The molecule has 4 nitrogen and oxygen atoms in total. The molecule has 1 aliphatic heterocycles. The second-order valence-electron chi connectivity index (χ2n) is 8.11. The Morgan fingerprint density at radius 3 is 2.37 bits per heavy atom. The molecule has 2 aromatic carbocycles. The van der Waals surface area contributed by atoms with Gasteiger partial charge in [0.1, 0.15) is 0 Å². The summed E-state index contributed by atoms with van der Waals surface area (Å²) in [5.74, 6) is -1.000. The first-order valence-corrected chi connectivity index (χ1v) is 9.65. The monoisotopic (exact) mass is 363 g/mol. The minimum atomic E-state index is -0.781. The summed E-state index contributed by atoms with van der Waals surface area (Å²) in [7, 11) is 0. The molecular weight excluding hydrogens is 338 g/mol. The highest BCUT2D eigenvalue weighted by molar-refractivity contribution is 5.94. The summed E-state index contributed by atoms with van der Waals surface area (Å²) in [6.45, 7) is 4.81. The molecule has 0 aromatic heterocycles. The Bertz CT molecular complexity index is 861. The maximum atomic E-state index is 13.2. The lowest BCUT2D eigenvalue weighted by Gasteiger charge is -2.38. The van der Waals surface area contributed by atoms with Crippen molar-refractivity contribution in [3.05, 3.63) is 71.3 Å². The summed E-state index contributed by atoms with van der Waals surface area (Å²) in [5.41, 5.74) is 2.71. The van der Waals surface area contributed by atoms with Gasteiger partial charge < -0.3 is 10.0 Å². The van der Waals surface area contributed by atoms with Crippen LogP contribution >= 0.6 is 0 Å². The summed E-state index contributed by atoms with van der Waals surface area (Å²) < 4.78 is 0. The van der Waals surface area contributed by atoms with E-state index in [0.29, 0.717) is 12.1 Å². The molecule has 1 heterocycles. The lowest BCUT2D eigenvalue weighted by atomic mass is 9.66. The van der Waals surface area contributed by atoms with Crippen LogP contribution in [0.25, 0.3) is 0 Å². The summed E-state index contributed by atoms with van der Waals surface area (Å²) in [6, 6.07) is 17.1. The van der Waals surface area contributed by atoms with E-state index >= 15 is 0 Å². The van der Waals surface area contributed by atoms with Gasteiger partial charge in [-0.1, -0.05) is 56.3 Å². The minimum absolute atomic E-state index is 0.0110. The number of carbonyl (C=O) groups is 2. The number of amides is 1. The van der Waals surface area contributed by atoms with Crippen molar-refractivity contribution in [3.63, 3.8) is 0 Å². The fourth-order valence-corrected chi connectivity index (χ4v) is 5.23. The molecule has 4 heteroatoms. The molecule has 0 saturated carbocycles. The van der Waals surface area contributed by atoms with Gasteiger partial charge in [0, 0.05) is 24.1 Å². The SMILES string of the molecule is CC(C)[C@H]1[C@@H]2[C@H](Cc3ccccc3[C@H]2C(=O)O)CN1C(=O)c1ccccc1. The number of fused-ring (bicyclic) bond motifs is 2. The van der Waals surface area contributed by atoms with Crippen molar-refractivity contribution < 1.29 is 14.7 Å². The minimum Gasteiger partial charge on any atom is -0.481 e. The van der Waals surface area contributed by atoms with Crippen LogP contribution in [-0.4, -0.2) is 34.5 Å². The third kappa shape index (κ3) is 2.93. The molecule has 1 N–H and O–H groups in total. The van der Waals surface area contributed by atoms with E-state index in [1.54, 1.807) is 0 Å². The molecule has 27 heavy (non-hydrogen) atoms. The van der Waals surface area contributed by atoms with Gasteiger partial charge in [-0.05, 0) is 41.5 Å². The zero-order valence-corrected chi connectivity index (χ0v) is 15.7. The van der Waals surface area contributed by atoms with E-state index < -0.39 is 11.9 Å². The number of carboxylic acid groups (broad SMARTS) is 1. The number of carbonyl (C=O) groups excluding carboxylic acids is 1. The average molecular weight is 363 g/mol. The van der Waals surface area contributed by atoms with Crippen LogP contribution in [0.4, 0.5) is 0 Å². The smallest absolute Gasteiger partial charge is 0.311 e. The molecule has 4 atom stereocenters. The van der Waals surface area contributed by atoms with Gasteiger partial charge in [0.2, 0.25) is 0 Å². The predicted octanol–water partition coefficient (Wildman–Crippen LogP) is 3.82. The summed E-state index contributed by atoms with van der Waals surface area (Å²) in [5, 5.41) is 10.1. The van der Waals surface area contributed by atoms with Crippen molar-refractivity contribution in [2.45, 2.75) is 32.2 Å². The summed E-state index contributed by atoms with van der Waals surface area (Å²) in [6.07, 6.45) is 0.840. The van der Waals surface area contributed by atoms with Crippen LogP contribution in [0, 0.1) is 17.8 Å². The summed E-state index contributed by atoms with van der Waals surface area (Å²) >= 11 is 0. The highest BCUT2D eigenvalue weighted by atomic mass is 16.4. The first-order valence-electron chi connectivity index (χ1n) is 9.65. The second-order valence-corrected chi connectivity index (χ2v) is 8.11. The zero-order valence-electron chi connectivity index (χ0n) is 15.7. The van der Waals surface area contributed by atoms with E-state index in [0.717, 1.165) is 17.5 Å². The van der Waals surface area contributed by atoms with Crippen molar-refractivity contribution in [1.29, 1.82) is 0 Å². The maximum Gasteiger partial charge on any atom is 0.311 e. The van der Waals surface area contributed by atoms with Crippen molar-refractivity contribution in [2.75, 3.05) is 6.54 Å². The summed E-state index contributed by atoms with van der Waals surface area (Å²) in [4.78, 5) is 27.4. The Hall–Kier alpha value is -2.62. The average Bonchev–Trinajstić information content (AvgIpc) is 3.04. The fraction of sp³-hybridized carbons (Fsp3) is 0.391. The molecule has 1 amide bonds. The number of nitrogens with zero attached hydrogens (tertiary/aromatic N) is 1. The quantitative estimate of drug-likeness (QED) is 0.902. The van der Waals surface area contributed by atoms with Gasteiger partial charge in [-0.25, -0.2) is 0 Å². The number of benzene rings is 2. The first-order chi connectivity index (χ1) is 13.0. The van der Waals surface area contributed by atoms with Crippen molar-refractivity contribution in [2.24, 2.45) is 17.8 Å². The van der Waals surface area contributed by atoms with Crippen molar-refractivity contribution in [3.8, 4) is 0 Å². The molecule has 0 radical (unpaired) electrons. The Kier molecular flexibility index (Phi) is 4.50. The number of hydrogen-bond acceptors (Lipinski definition) is 2. The highest BCUT2D eigenvalue weighted by Gasteiger charge is 2.53. The Labute approximate surface area is 159 Å². The molecule has 1 fully saturated rings. The van der Waals surface area contributed by atoms with Crippen molar-refractivity contribution in [1.82, 2.24) is 4.90 Å². The number of rotatable bonds is 3. The number of carboxylic acids is 1. The van der Waals surface area contributed by atoms with Crippen LogP contribution in [0.5, 0.6) is 0 Å². The molecule has 0 unspecified atom stereocenters. The van der Waals surface area contributed by atoms with Crippen LogP contribution in [0.2, 0.25) is 0 Å². The van der Waals surface area contributed by atoms with Crippen LogP contribution in [0.15, 0.2) is 54.6 Å².